The maximum atomic E-state index is 6.12. The minimum atomic E-state index is 0.0983. The fourth-order valence-electron chi connectivity index (χ4n) is 2.41. The molecule has 0 spiro atoms. The molecular weight excluding hydrogens is 334 g/mol. The summed E-state index contributed by atoms with van der Waals surface area (Å²) in [4.78, 5) is 1.25. The van der Waals surface area contributed by atoms with Crippen molar-refractivity contribution >= 4 is 38.2 Å². The van der Waals surface area contributed by atoms with Crippen LogP contribution in [0.5, 0.6) is 0 Å². The van der Waals surface area contributed by atoms with Crippen LogP contribution in [0.4, 0.5) is 0 Å². The van der Waals surface area contributed by atoms with Crippen molar-refractivity contribution in [3.8, 4) is 0 Å². The number of rotatable bonds is 4. The molecule has 3 rings (SSSR count). The highest BCUT2D eigenvalue weighted by molar-refractivity contribution is 9.10. The molecule has 0 radical (unpaired) electrons. The van der Waals surface area contributed by atoms with Gasteiger partial charge in [-0.05, 0) is 52.5 Å². The van der Waals surface area contributed by atoms with Crippen molar-refractivity contribution in [1.29, 1.82) is 0 Å². The molecule has 1 aromatic carbocycles. The number of thiophene rings is 1. The van der Waals surface area contributed by atoms with Gasteiger partial charge in [-0.15, -0.1) is 11.3 Å². The molecule has 1 atom stereocenters. The lowest BCUT2D eigenvalue weighted by molar-refractivity contribution is 0.479. The number of hydrogen-bond acceptors (Lipinski definition) is 3. The van der Waals surface area contributed by atoms with Crippen LogP contribution in [-0.4, -0.2) is 6.54 Å². The first-order valence-corrected chi connectivity index (χ1v) is 8.33. The van der Waals surface area contributed by atoms with E-state index < -0.39 is 0 Å². The van der Waals surface area contributed by atoms with Crippen LogP contribution in [0, 0.1) is 6.92 Å². The Labute approximate surface area is 130 Å². The lowest BCUT2D eigenvalue weighted by atomic mass is 10.1. The SMILES string of the molecule is CCNC(c1cc2cccc(C)c2o1)c1sccc1Br. The van der Waals surface area contributed by atoms with E-state index in [2.05, 4.69) is 70.8 Å². The molecule has 2 aromatic heterocycles. The highest BCUT2D eigenvalue weighted by Crippen LogP contribution is 2.36. The average molecular weight is 350 g/mol. The lowest BCUT2D eigenvalue weighted by Crippen LogP contribution is -2.20. The quantitative estimate of drug-likeness (QED) is 0.694. The van der Waals surface area contributed by atoms with E-state index in [0.29, 0.717) is 0 Å². The number of aryl methyl sites for hydroxylation is 1. The molecule has 1 unspecified atom stereocenters. The van der Waals surface area contributed by atoms with Gasteiger partial charge in [0.25, 0.3) is 0 Å². The monoisotopic (exact) mass is 349 g/mol. The summed E-state index contributed by atoms with van der Waals surface area (Å²) in [5.41, 5.74) is 2.16. The number of furan rings is 1. The van der Waals surface area contributed by atoms with Gasteiger partial charge in [0.2, 0.25) is 0 Å². The average Bonchev–Trinajstić information content (AvgIpc) is 3.03. The van der Waals surface area contributed by atoms with Gasteiger partial charge < -0.3 is 9.73 Å². The van der Waals surface area contributed by atoms with Crippen molar-refractivity contribution < 1.29 is 4.42 Å². The Kier molecular flexibility index (Phi) is 3.96. The second kappa shape index (κ2) is 5.72. The maximum Gasteiger partial charge on any atom is 0.137 e. The second-order valence-electron chi connectivity index (χ2n) is 4.77. The number of fused-ring (bicyclic) bond motifs is 1. The molecular formula is C16H16BrNOS. The zero-order valence-corrected chi connectivity index (χ0v) is 13.8. The number of benzene rings is 1. The maximum absolute atomic E-state index is 6.12. The topological polar surface area (TPSA) is 25.2 Å². The van der Waals surface area contributed by atoms with Crippen molar-refractivity contribution in [1.82, 2.24) is 5.32 Å². The van der Waals surface area contributed by atoms with Gasteiger partial charge in [0.05, 0.1) is 0 Å². The van der Waals surface area contributed by atoms with Gasteiger partial charge in [0.1, 0.15) is 17.4 Å². The Morgan fingerprint density at radius 3 is 2.85 bits per heavy atom. The Morgan fingerprint density at radius 1 is 1.35 bits per heavy atom. The van der Waals surface area contributed by atoms with E-state index in [0.717, 1.165) is 27.7 Å². The van der Waals surface area contributed by atoms with E-state index in [-0.39, 0.29) is 6.04 Å². The Balaban J connectivity index is 2.10. The van der Waals surface area contributed by atoms with Gasteiger partial charge >= 0.3 is 0 Å². The molecule has 104 valence electrons. The molecule has 2 nitrogen and oxygen atoms in total. The minimum Gasteiger partial charge on any atom is -0.459 e. The Hall–Kier alpha value is -1.10. The van der Waals surface area contributed by atoms with Gasteiger partial charge in [-0.25, -0.2) is 0 Å². The summed E-state index contributed by atoms with van der Waals surface area (Å²) >= 11 is 5.36. The third kappa shape index (κ3) is 2.43. The normalized spacial score (nSPS) is 12.9. The molecule has 0 aliphatic heterocycles. The fourth-order valence-corrected chi connectivity index (χ4v) is 4.09. The fraction of sp³-hybridized carbons (Fsp3) is 0.250. The van der Waals surface area contributed by atoms with E-state index in [1.54, 1.807) is 11.3 Å². The summed E-state index contributed by atoms with van der Waals surface area (Å²) in [6.45, 7) is 5.09. The van der Waals surface area contributed by atoms with E-state index in [4.69, 9.17) is 4.42 Å². The zero-order valence-electron chi connectivity index (χ0n) is 11.4. The first-order valence-electron chi connectivity index (χ1n) is 6.66. The molecule has 0 saturated carbocycles. The molecule has 4 heteroatoms. The van der Waals surface area contributed by atoms with E-state index in [9.17, 15) is 0 Å². The summed E-state index contributed by atoms with van der Waals surface area (Å²) < 4.78 is 7.25. The van der Waals surface area contributed by atoms with Crippen LogP contribution in [0.3, 0.4) is 0 Å². The zero-order chi connectivity index (χ0) is 14.1. The van der Waals surface area contributed by atoms with Crippen LogP contribution < -0.4 is 5.32 Å². The van der Waals surface area contributed by atoms with Gasteiger partial charge in [0, 0.05) is 14.7 Å². The molecule has 1 N–H and O–H groups in total. The van der Waals surface area contributed by atoms with Gasteiger partial charge in [0.15, 0.2) is 0 Å². The van der Waals surface area contributed by atoms with Crippen molar-refractivity contribution in [2.45, 2.75) is 19.9 Å². The van der Waals surface area contributed by atoms with Crippen molar-refractivity contribution in [3.05, 3.63) is 56.4 Å². The number of hydrogen-bond donors (Lipinski definition) is 1. The molecule has 0 aliphatic carbocycles. The Bertz CT molecular complexity index is 731. The van der Waals surface area contributed by atoms with Gasteiger partial charge in [-0.3, -0.25) is 0 Å². The molecule has 0 fully saturated rings. The number of para-hydroxylation sites is 1. The van der Waals surface area contributed by atoms with E-state index >= 15 is 0 Å². The number of nitrogens with one attached hydrogen (secondary N) is 1. The summed E-state index contributed by atoms with van der Waals surface area (Å²) in [5, 5.41) is 6.77. The largest absolute Gasteiger partial charge is 0.459 e. The van der Waals surface area contributed by atoms with Crippen LogP contribution in [0.25, 0.3) is 11.0 Å². The smallest absolute Gasteiger partial charge is 0.137 e. The molecule has 0 saturated heterocycles. The van der Waals surface area contributed by atoms with Crippen LogP contribution >= 0.6 is 27.3 Å². The van der Waals surface area contributed by atoms with E-state index in [1.165, 1.54) is 10.4 Å². The minimum absolute atomic E-state index is 0.0983. The summed E-state index contributed by atoms with van der Waals surface area (Å²) in [7, 11) is 0. The van der Waals surface area contributed by atoms with Crippen LogP contribution in [0.2, 0.25) is 0 Å². The molecule has 0 aliphatic rings. The predicted octanol–water partition coefficient (Wildman–Crippen LogP) is 5.26. The summed E-state index contributed by atoms with van der Waals surface area (Å²) in [6, 6.07) is 10.6. The first kappa shape index (κ1) is 13.9. The molecule has 2 heterocycles. The highest BCUT2D eigenvalue weighted by Gasteiger charge is 2.21. The first-order chi connectivity index (χ1) is 9.70. The third-order valence-electron chi connectivity index (χ3n) is 3.36. The predicted molar refractivity (Wildman–Crippen MR) is 88.5 cm³/mol. The van der Waals surface area contributed by atoms with Crippen molar-refractivity contribution in [3.63, 3.8) is 0 Å². The van der Waals surface area contributed by atoms with Crippen LogP contribution in [0.1, 0.15) is 29.2 Å². The molecule has 3 aromatic rings. The van der Waals surface area contributed by atoms with Crippen molar-refractivity contribution in [2.75, 3.05) is 6.54 Å². The summed E-state index contributed by atoms with van der Waals surface area (Å²) in [6.07, 6.45) is 0. The summed E-state index contributed by atoms with van der Waals surface area (Å²) in [5.74, 6) is 0.972. The third-order valence-corrected chi connectivity index (χ3v) is 5.30. The van der Waals surface area contributed by atoms with Crippen molar-refractivity contribution in [2.24, 2.45) is 0 Å². The highest BCUT2D eigenvalue weighted by atomic mass is 79.9. The second-order valence-corrected chi connectivity index (χ2v) is 6.57. The molecule has 0 bridgehead atoms. The van der Waals surface area contributed by atoms with E-state index in [1.807, 2.05) is 0 Å². The molecule has 20 heavy (non-hydrogen) atoms. The standard InChI is InChI=1S/C16H16BrNOS/c1-3-18-14(16-12(17)7-8-20-16)13-9-11-6-4-5-10(2)15(11)19-13/h4-9,14,18H,3H2,1-2H3. The molecule has 0 amide bonds. The van der Waals surface area contributed by atoms with Gasteiger partial charge in [-0.1, -0.05) is 25.1 Å². The van der Waals surface area contributed by atoms with Gasteiger partial charge in [-0.2, -0.15) is 0 Å². The van der Waals surface area contributed by atoms with Crippen LogP contribution in [0.15, 0.2) is 44.6 Å². The Morgan fingerprint density at radius 2 is 2.20 bits per heavy atom. The van der Waals surface area contributed by atoms with Crippen LogP contribution in [-0.2, 0) is 0 Å². The lowest BCUT2D eigenvalue weighted by Gasteiger charge is -2.14. The number of halogens is 1.